The van der Waals surface area contributed by atoms with E-state index in [2.05, 4.69) is 4.98 Å². The summed E-state index contributed by atoms with van der Waals surface area (Å²) in [5, 5.41) is 22.0. The molecule has 9 heteroatoms. The topological polar surface area (TPSA) is 114 Å². The highest BCUT2D eigenvalue weighted by molar-refractivity contribution is 6.51. The highest BCUT2D eigenvalue weighted by atomic mass is 19.1. The molecular formula is C22H14FN3O5. The third-order valence-electron chi connectivity index (χ3n) is 4.86. The van der Waals surface area contributed by atoms with Crippen LogP contribution in [0.4, 0.5) is 15.8 Å². The molecule has 3 aromatic rings. The molecule has 0 aliphatic carbocycles. The molecule has 4 rings (SSSR count). The molecule has 1 atom stereocenters. The standard InChI is InChI=1S/C22H14FN3O5/c23-15-6-2-7-16(11-15)25-19(14-5-3-9-24-12-14)18(21(28)22(25)29)20(27)13-4-1-8-17(10-13)26(30)31/h1-12,19,27H/b20-18-. The maximum Gasteiger partial charge on any atom is 0.300 e. The van der Waals surface area contributed by atoms with Crippen molar-refractivity contribution in [3.8, 4) is 0 Å². The summed E-state index contributed by atoms with van der Waals surface area (Å²) in [4.78, 5) is 41.4. The lowest BCUT2D eigenvalue weighted by molar-refractivity contribution is -0.384. The van der Waals surface area contributed by atoms with Gasteiger partial charge in [0.05, 0.1) is 16.5 Å². The molecule has 0 bridgehead atoms. The molecule has 0 radical (unpaired) electrons. The van der Waals surface area contributed by atoms with Gasteiger partial charge in [-0.3, -0.25) is 29.6 Å². The number of aliphatic hydroxyl groups is 1. The van der Waals surface area contributed by atoms with E-state index in [9.17, 15) is 29.2 Å². The lowest BCUT2D eigenvalue weighted by atomic mass is 9.96. The second-order valence-electron chi connectivity index (χ2n) is 6.74. The van der Waals surface area contributed by atoms with E-state index in [-0.39, 0.29) is 22.5 Å². The minimum Gasteiger partial charge on any atom is -0.507 e. The molecule has 1 aromatic heterocycles. The molecule has 1 unspecified atom stereocenters. The first-order valence-corrected chi connectivity index (χ1v) is 9.10. The molecular weight excluding hydrogens is 405 g/mol. The summed E-state index contributed by atoms with van der Waals surface area (Å²) >= 11 is 0. The zero-order valence-corrected chi connectivity index (χ0v) is 15.8. The van der Waals surface area contributed by atoms with Crippen LogP contribution in [-0.2, 0) is 9.59 Å². The number of nitro groups is 1. The first kappa shape index (κ1) is 19.9. The minimum atomic E-state index is -1.10. The van der Waals surface area contributed by atoms with E-state index in [0.717, 1.165) is 17.0 Å². The zero-order valence-electron chi connectivity index (χ0n) is 15.8. The van der Waals surface area contributed by atoms with Crippen molar-refractivity contribution in [1.29, 1.82) is 0 Å². The quantitative estimate of drug-likeness (QED) is 0.226. The molecule has 8 nitrogen and oxygen atoms in total. The molecule has 2 heterocycles. The minimum absolute atomic E-state index is 0.000308. The van der Waals surface area contributed by atoms with Crippen molar-refractivity contribution in [1.82, 2.24) is 4.98 Å². The van der Waals surface area contributed by atoms with Crippen molar-refractivity contribution in [2.75, 3.05) is 4.90 Å². The van der Waals surface area contributed by atoms with Crippen LogP contribution in [0.25, 0.3) is 5.76 Å². The fraction of sp³-hybridized carbons (Fsp3) is 0.0455. The highest BCUT2D eigenvalue weighted by Crippen LogP contribution is 2.42. The van der Waals surface area contributed by atoms with Crippen molar-refractivity contribution in [3.63, 3.8) is 0 Å². The molecule has 2 aromatic carbocycles. The average molecular weight is 419 g/mol. The average Bonchev–Trinajstić information content (AvgIpc) is 3.04. The number of amides is 1. The molecule has 1 N–H and O–H groups in total. The summed E-state index contributed by atoms with van der Waals surface area (Å²) in [6, 6.07) is 12.3. The number of nitrogens with zero attached hydrogens (tertiary/aromatic N) is 3. The first-order valence-electron chi connectivity index (χ1n) is 9.10. The smallest absolute Gasteiger partial charge is 0.300 e. The van der Waals surface area contributed by atoms with E-state index >= 15 is 0 Å². The number of rotatable bonds is 4. The van der Waals surface area contributed by atoms with E-state index in [1.165, 1.54) is 48.8 Å². The molecule has 1 amide bonds. The summed E-state index contributed by atoms with van der Waals surface area (Å²) < 4.78 is 13.9. The number of hydrogen-bond donors (Lipinski definition) is 1. The summed E-state index contributed by atoms with van der Waals surface area (Å²) in [6.45, 7) is 0. The van der Waals surface area contributed by atoms with Crippen LogP contribution in [0.1, 0.15) is 17.2 Å². The number of benzene rings is 2. The second kappa shape index (κ2) is 7.79. The molecule has 0 saturated carbocycles. The number of carbonyl (C=O) groups excluding carboxylic acids is 2. The normalized spacial score (nSPS) is 17.7. The van der Waals surface area contributed by atoms with Gasteiger partial charge in [0.15, 0.2) is 0 Å². The van der Waals surface area contributed by atoms with Gasteiger partial charge in [0, 0.05) is 35.8 Å². The number of Topliss-reactive ketones (excluding diaryl/α,β-unsaturated/α-hetero) is 1. The predicted octanol–water partition coefficient (Wildman–Crippen LogP) is 3.76. The Morgan fingerprint density at radius 2 is 1.87 bits per heavy atom. The molecule has 1 saturated heterocycles. The van der Waals surface area contributed by atoms with Crippen molar-refractivity contribution in [2.24, 2.45) is 0 Å². The molecule has 1 aliphatic heterocycles. The van der Waals surface area contributed by atoms with Crippen LogP contribution < -0.4 is 4.90 Å². The van der Waals surface area contributed by atoms with Crippen LogP contribution in [0.2, 0.25) is 0 Å². The Labute approximate surface area is 175 Å². The summed E-state index contributed by atoms with van der Waals surface area (Å²) in [5.41, 5.74) is -0.0450. The number of aromatic nitrogens is 1. The van der Waals surface area contributed by atoms with Crippen LogP contribution in [0.15, 0.2) is 78.6 Å². The Bertz CT molecular complexity index is 1240. The van der Waals surface area contributed by atoms with Crippen molar-refractivity contribution < 1.29 is 24.0 Å². The van der Waals surface area contributed by atoms with Crippen LogP contribution in [-0.4, -0.2) is 26.7 Å². The van der Waals surface area contributed by atoms with Gasteiger partial charge in [0.25, 0.3) is 17.4 Å². The van der Waals surface area contributed by atoms with Gasteiger partial charge in [-0.15, -0.1) is 0 Å². The highest BCUT2D eigenvalue weighted by Gasteiger charge is 2.47. The predicted molar refractivity (Wildman–Crippen MR) is 109 cm³/mol. The van der Waals surface area contributed by atoms with Crippen LogP contribution in [0.5, 0.6) is 0 Å². The third kappa shape index (κ3) is 3.52. The molecule has 31 heavy (non-hydrogen) atoms. The van der Waals surface area contributed by atoms with Crippen LogP contribution in [0, 0.1) is 15.9 Å². The zero-order chi connectivity index (χ0) is 22.1. The number of aliphatic hydroxyl groups excluding tert-OH is 1. The Morgan fingerprint density at radius 1 is 1.10 bits per heavy atom. The fourth-order valence-corrected chi connectivity index (χ4v) is 3.50. The van der Waals surface area contributed by atoms with Gasteiger partial charge in [-0.05, 0) is 29.8 Å². The van der Waals surface area contributed by atoms with Crippen LogP contribution in [0.3, 0.4) is 0 Å². The van der Waals surface area contributed by atoms with E-state index in [1.807, 2.05) is 0 Å². The van der Waals surface area contributed by atoms with Gasteiger partial charge in [0.1, 0.15) is 11.6 Å². The summed E-state index contributed by atoms with van der Waals surface area (Å²) in [6.07, 6.45) is 2.92. The summed E-state index contributed by atoms with van der Waals surface area (Å²) in [5.74, 6) is -3.15. The van der Waals surface area contributed by atoms with Crippen molar-refractivity contribution in [3.05, 3.63) is 106 Å². The molecule has 1 aliphatic rings. The third-order valence-corrected chi connectivity index (χ3v) is 4.86. The Hall–Kier alpha value is -4.40. The van der Waals surface area contributed by atoms with Crippen LogP contribution >= 0.6 is 0 Å². The van der Waals surface area contributed by atoms with Gasteiger partial charge in [0.2, 0.25) is 0 Å². The lowest BCUT2D eigenvalue weighted by Gasteiger charge is -2.25. The lowest BCUT2D eigenvalue weighted by Crippen LogP contribution is -2.29. The number of nitro benzene ring substituents is 1. The monoisotopic (exact) mass is 419 g/mol. The van der Waals surface area contributed by atoms with Gasteiger partial charge in [-0.2, -0.15) is 0 Å². The van der Waals surface area contributed by atoms with Crippen molar-refractivity contribution in [2.45, 2.75) is 6.04 Å². The Morgan fingerprint density at radius 3 is 2.55 bits per heavy atom. The SMILES string of the molecule is O=C1C(=O)N(c2cccc(F)c2)C(c2cccnc2)/C1=C(/O)c1cccc([N+](=O)[O-])c1. The van der Waals surface area contributed by atoms with E-state index in [1.54, 1.807) is 12.1 Å². The second-order valence-corrected chi connectivity index (χ2v) is 6.74. The van der Waals surface area contributed by atoms with E-state index in [4.69, 9.17) is 0 Å². The van der Waals surface area contributed by atoms with E-state index < -0.39 is 34.2 Å². The number of halogens is 1. The molecule has 154 valence electrons. The Balaban J connectivity index is 1.95. The van der Waals surface area contributed by atoms with Gasteiger partial charge in [-0.1, -0.05) is 24.3 Å². The molecule has 0 spiro atoms. The number of ketones is 1. The maximum atomic E-state index is 13.9. The number of anilines is 1. The largest absolute Gasteiger partial charge is 0.507 e. The van der Waals surface area contributed by atoms with Gasteiger partial charge in [-0.25, -0.2) is 4.39 Å². The Kier molecular flexibility index (Phi) is 5.00. The number of pyridine rings is 1. The summed E-state index contributed by atoms with van der Waals surface area (Å²) in [7, 11) is 0. The van der Waals surface area contributed by atoms with Gasteiger partial charge < -0.3 is 5.11 Å². The van der Waals surface area contributed by atoms with E-state index in [0.29, 0.717) is 5.56 Å². The first-order chi connectivity index (χ1) is 14.9. The fourth-order valence-electron chi connectivity index (χ4n) is 3.50. The number of non-ortho nitro benzene ring substituents is 1. The number of carbonyl (C=O) groups is 2. The van der Waals surface area contributed by atoms with Crippen molar-refractivity contribution >= 4 is 28.8 Å². The van der Waals surface area contributed by atoms with Gasteiger partial charge >= 0.3 is 0 Å². The maximum absolute atomic E-state index is 13.9. The number of hydrogen-bond acceptors (Lipinski definition) is 6. The molecule has 1 fully saturated rings.